The Kier molecular flexibility index (Phi) is 9.28. The van der Waals surface area contributed by atoms with Crippen LogP contribution in [0.2, 0.25) is 0 Å². The third-order valence-corrected chi connectivity index (χ3v) is 10.1. The normalized spacial score (nSPS) is 13.7. The highest BCUT2D eigenvalue weighted by Gasteiger charge is 2.20. The Balaban J connectivity index is 0.000000157. The van der Waals surface area contributed by atoms with Crippen molar-refractivity contribution in [2.24, 2.45) is 0 Å². The van der Waals surface area contributed by atoms with Crippen molar-refractivity contribution in [3.63, 3.8) is 0 Å². The highest BCUT2D eigenvalue weighted by Crippen LogP contribution is 2.25. The van der Waals surface area contributed by atoms with Crippen molar-refractivity contribution in [2.75, 3.05) is 54.4 Å². The Bertz CT molecular complexity index is 2670. The zero-order valence-corrected chi connectivity index (χ0v) is 31.3. The number of halogens is 1. The Morgan fingerprint density at radius 2 is 1.15 bits per heavy atom. The smallest absolute Gasteiger partial charge is 0.225 e. The van der Waals surface area contributed by atoms with E-state index in [1.54, 1.807) is 47.6 Å². The molecule has 1 aliphatic rings. The number of hydrogen-bond acceptors (Lipinski definition) is 14. The van der Waals surface area contributed by atoms with E-state index < -0.39 is 0 Å². The number of para-hydroxylation sites is 1. The monoisotopic (exact) mass is 804 g/mol. The zero-order chi connectivity index (χ0) is 37.3. The van der Waals surface area contributed by atoms with E-state index in [0.29, 0.717) is 40.1 Å². The number of rotatable bonds is 10. The molecule has 18 nitrogen and oxygen atoms in total. The molecule has 9 heterocycles. The number of aromatic nitrogens is 12. The summed E-state index contributed by atoms with van der Waals surface area (Å²) in [6, 6.07) is 17.8. The van der Waals surface area contributed by atoms with Crippen molar-refractivity contribution >= 4 is 66.9 Å². The van der Waals surface area contributed by atoms with Gasteiger partial charge in [-0.05, 0) is 49.2 Å². The van der Waals surface area contributed by atoms with E-state index in [0.717, 1.165) is 80.4 Å². The van der Waals surface area contributed by atoms with Gasteiger partial charge in [0.2, 0.25) is 23.5 Å². The Hall–Kier alpha value is -6.34. The molecule has 1 fully saturated rings. The summed E-state index contributed by atoms with van der Waals surface area (Å²) in [5.41, 5.74) is 16.2. The second-order valence-corrected chi connectivity index (χ2v) is 13.8. The lowest BCUT2D eigenvalue weighted by atomic mass is 10.2. The van der Waals surface area contributed by atoms with Crippen LogP contribution in [0.1, 0.15) is 12.8 Å². The molecule has 4 N–H and O–H groups in total. The van der Waals surface area contributed by atoms with Crippen LogP contribution in [0.15, 0.2) is 88.4 Å². The predicted molar refractivity (Wildman–Crippen MR) is 210 cm³/mol. The van der Waals surface area contributed by atoms with E-state index in [4.69, 9.17) is 20.3 Å². The van der Waals surface area contributed by atoms with Crippen LogP contribution in [0.5, 0.6) is 0 Å². The van der Waals surface area contributed by atoms with E-state index in [2.05, 4.69) is 96.4 Å². The van der Waals surface area contributed by atoms with E-state index in [9.17, 15) is 0 Å². The number of nitrogen functional groups attached to an aromatic ring is 2. The molecule has 1 aromatic carbocycles. The summed E-state index contributed by atoms with van der Waals surface area (Å²) < 4.78 is 17.5. The minimum atomic E-state index is 0.272. The molecule has 1 aliphatic heterocycles. The number of piperazine rings is 1. The number of nitrogens with two attached hydrogens (primary N) is 2. The number of alkyl halides is 1. The number of hydrogen-bond donors (Lipinski definition) is 2. The summed E-state index contributed by atoms with van der Waals surface area (Å²) in [5.74, 6) is 2.67. The third kappa shape index (κ3) is 6.71. The first-order valence-corrected chi connectivity index (χ1v) is 19.1. The molecule has 9 aromatic rings. The highest BCUT2D eigenvalue weighted by atomic mass is 79.9. The van der Waals surface area contributed by atoms with Crippen LogP contribution in [0, 0.1) is 0 Å². The lowest BCUT2D eigenvalue weighted by Crippen LogP contribution is -2.46. The second-order valence-electron chi connectivity index (χ2n) is 13.0. The molecular weight excluding hydrogens is 768 g/mol. The fourth-order valence-corrected chi connectivity index (χ4v) is 7.03. The molecule has 10 rings (SSSR count). The largest absolute Gasteiger partial charge is 0.461 e. The average Bonchev–Trinajstić information content (AvgIpc) is 4.06. The average molecular weight is 806 g/mol. The molecule has 8 aromatic heterocycles. The van der Waals surface area contributed by atoms with Crippen molar-refractivity contribution in [3.05, 3.63) is 79.5 Å². The van der Waals surface area contributed by atoms with Gasteiger partial charge in [-0.2, -0.15) is 29.2 Å². The first kappa shape index (κ1) is 34.4. The van der Waals surface area contributed by atoms with Crippen LogP contribution in [-0.2, 0) is 13.1 Å². The molecule has 280 valence electrons. The van der Waals surface area contributed by atoms with E-state index in [-0.39, 0.29) is 11.9 Å². The quantitative estimate of drug-likeness (QED) is 0.181. The van der Waals surface area contributed by atoms with Crippen molar-refractivity contribution < 1.29 is 8.83 Å². The fraction of sp³-hybridized carbons (Fsp3) is 0.278. The highest BCUT2D eigenvalue weighted by molar-refractivity contribution is 9.09. The first-order chi connectivity index (χ1) is 27.0. The molecule has 0 bridgehead atoms. The van der Waals surface area contributed by atoms with Gasteiger partial charge < -0.3 is 25.2 Å². The van der Waals surface area contributed by atoms with Crippen LogP contribution in [-0.4, -0.2) is 102 Å². The lowest BCUT2D eigenvalue weighted by molar-refractivity contribution is 0.249. The summed E-state index contributed by atoms with van der Waals surface area (Å²) in [4.78, 5) is 23.1. The van der Waals surface area contributed by atoms with Crippen LogP contribution < -0.4 is 16.4 Å². The number of benzene rings is 1. The molecule has 19 heteroatoms. The molecule has 55 heavy (non-hydrogen) atoms. The van der Waals surface area contributed by atoms with Gasteiger partial charge in [0.25, 0.3) is 0 Å². The van der Waals surface area contributed by atoms with Gasteiger partial charge >= 0.3 is 0 Å². The summed E-state index contributed by atoms with van der Waals surface area (Å²) in [7, 11) is 0. The van der Waals surface area contributed by atoms with Crippen molar-refractivity contribution in [2.45, 2.75) is 25.9 Å². The van der Waals surface area contributed by atoms with E-state index in [1.807, 2.05) is 15.4 Å². The molecule has 0 saturated carbocycles. The maximum atomic E-state index is 6.19. The molecule has 0 radical (unpaired) electrons. The van der Waals surface area contributed by atoms with Crippen LogP contribution in [0.4, 0.5) is 17.6 Å². The third-order valence-electron chi connectivity index (χ3n) is 9.52. The number of aryl methyl sites for hydroxylation is 2. The van der Waals surface area contributed by atoms with Gasteiger partial charge in [-0.1, -0.05) is 34.1 Å². The summed E-state index contributed by atoms with van der Waals surface area (Å²) in [6.07, 6.45) is 8.64. The van der Waals surface area contributed by atoms with Crippen LogP contribution in [0.3, 0.4) is 0 Å². The van der Waals surface area contributed by atoms with Gasteiger partial charge in [-0.3, -0.25) is 4.90 Å². The fourth-order valence-electron chi connectivity index (χ4n) is 6.78. The summed E-state index contributed by atoms with van der Waals surface area (Å²) in [6.45, 7) is 6.78. The zero-order valence-electron chi connectivity index (χ0n) is 29.7. The number of fused-ring (bicyclic) bond motifs is 6. The Labute approximate surface area is 321 Å². The summed E-state index contributed by atoms with van der Waals surface area (Å²) in [5, 5.41) is 20.3. The molecule has 0 amide bonds. The topological polar surface area (TPSA) is 207 Å². The Morgan fingerprint density at radius 1 is 0.600 bits per heavy atom. The SMILES string of the molecule is Nc1nc2c(cnn2CCCBr)c2nc(-c3ccco3)nn12.Nc1nc2c(cnn2CCCN2CCN(c3ccccc3)CC2)c2nc(-c3ccco3)nn12. The number of furan rings is 2. The van der Waals surface area contributed by atoms with Crippen molar-refractivity contribution in [1.82, 2.24) is 63.6 Å². The predicted octanol–water partition coefficient (Wildman–Crippen LogP) is 4.63. The first-order valence-electron chi connectivity index (χ1n) is 18.0. The van der Waals surface area contributed by atoms with Gasteiger partial charge in [-0.25, -0.2) is 19.3 Å². The van der Waals surface area contributed by atoms with E-state index >= 15 is 0 Å². The molecular formula is C36H37BrN16O2. The molecule has 0 spiro atoms. The van der Waals surface area contributed by atoms with Crippen molar-refractivity contribution in [3.8, 4) is 23.2 Å². The number of nitrogens with zero attached hydrogens (tertiary/aromatic N) is 14. The minimum absolute atomic E-state index is 0.272. The van der Waals surface area contributed by atoms with E-state index in [1.165, 1.54) is 10.2 Å². The van der Waals surface area contributed by atoms with Gasteiger partial charge in [0.05, 0.1) is 35.7 Å². The van der Waals surface area contributed by atoms with Gasteiger partial charge in [0.15, 0.2) is 34.1 Å². The van der Waals surface area contributed by atoms with Crippen LogP contribution >= 0.6 is 15.9 Å². The number of anilines is 3. The van der Waals surface area contributed by atoms with Gasteiger partial charge in [0.1, 0.15) is 0 Å². The maximum absolute atomic E-state index is 6.19. The van der Waals surface area contributed by atoms with Crippen LogP contribution in [0.25, 0.3) is 56.5 Å². The molecule has 0 atom stereocenters. The molecule has 0 unspecified atom stereocenters. The molecule has 0 aliphatic carbocycles. The lowest BCUT2D eigenvalue weighted by Gasteiger charge is -2.36. The Morgan fingerprint density at radius 3 is 1.65 bits per heavy atom. The van der Waals surface area contributed by atoms with Gasteiger partial charge in [0, 0.05) is 56.8 Å². The molecule has 1 saturated heterocycles. The maximum Gasteiger partial charge on any atom is 0.225 e. The standard InChI is InChI=1S/C23H25N9O.C13H12BrN7O/c24-23-27-21-18(22-26-20(28-32(22)23)19-8-4-15-33-19)16-25-31(21)10-5-9-29-11-13-30(14-12-29)17-6-2-1-3-7-17;14-4-2-5-20-11-8(7-16-20)12-17-10(9-3-1-6-22-9)19-21(12)13(15)18-11/h1-4,6-8,15-16H,5,9-14H2,(H2,24,27);1,3,6-7H,2,4-5H2,(H2,15,18). The second kappa shape index (κ2) is 14.8. The van der Waals surface area contributed by atoms with Crippen molar-refractivity contribution in [1.29, 1.82) is 0 Å². The minimum Gasteiger partial charge on any atom is -0.461 e. The van der Waals surface area contributed by atoms with Gasteiger partial charge in [-0.15, -0.1) is 10.2 Å². The summed E-state index contributed by atoms with van der Waals surface area (Å²) >= 11 is 3.42.